The Balaban J connectivity index is 1.75. The average Bonchev–Trinajstić information content (AvgIpc) is 3.11. The summed E-state index contributed by atoms with van der Waals surface area (Å²) < 4.78 is 28.9. The molecule has 146 valence electrons. The molecule has 0 aliphatic carbocycles. The molecule has 0 fully saturated rings. The lowest BCUT2D eigenvalue weighted by Gasteiger charge is -2.09. The number of hydrogen-bond donors (Lipinski definition) is 2. The molecule has 4 rings (SSSR count). The number of aromatic amines is 1. The maximum absolute atomic E-state index is 11.7. The third-order valence-corrected chi connectivity index (χ3v) is 5.33. The van der Waals surface area contributed by atoms with Crippen LogP contribution in [0.2, 0.25) is 0 Å². The van der Waals surface area contributed by atoms with Crippen LogP contribution in [-0.2, 0) is 9.84 Å². The molecule has 0 amide bonds. The summed E-state index contributed by atoms with van der Waals surface area (Å²) >= 11 is 0. The molecule has 0 saturated carbocycles. The number of nitrogens with zero attached hydrogens (tertiary/aromatic N) is 2. The number of H-pyrrole nitrogens is 1. The maximum Gasteiger partial charge on any atom is 0.339 e. The summed E-state index contributed by atoms with van der Waals surface area (Å²) in [5.74, 6) is -0.258. The van der Waals surface area contributed by atoms with Gasteiger partial charge in [0.05, 0.1) is 15.9 Å². The van der Waals surface area contributed by atoms with E-state index in [0.717, 1.165) is 6.26 Å². The molecule has 0 aliphatic rings. The minimum atomic E-state index is -3.34. The molecule has 0 bridgehead atoms. The zero-order valence-electron chi connectivity index (χ0n) is 15.2. The summed E-state index contributed by atoms with van der Waals surface area (Å²) in [4.78, 5) is 23.6. The van der Waals surface area contributed by atoms with E-state index in [0.29, 0.717) is 28.3 Å². The van der Waals surface area contributed by atoms with E-state index in [4.69, 9.17) is 4.74 Å². The van der Waals surface area contributed by atoms with Gasteiger partial charge >= 0.3 is 5.97 Å². The fourth-order valence-electron chi connectivity index (χ4n) is 2.80. The van der Waals surface area contributed by atoms with Crippen LogP contribution in [0.3, 0.4) is 0 Å². The van der Waals surface area contributed by atoms with E-state index in [1.54, 1.807) is 18.3 Å². The maximum atomic E-state index is 11.7. The molecule has 0 saturated heterocycles. The third-order valence-electron chi connectivity index (χ3n) is 4.20. The lowest BCUT2D eigenvalue weighted by molar-refractivity contribution is 0.0694. The number of carbonyl (C=O) groups is 1. The second-order valence-electron chi connectivity index (χ2n) is 6.32. The van der Waals surface area contributed by atoms with Gasteiger partial charge in [0.1, 0.15) is 22.8 Å². The first-order chi connectivity index (χ1) is 13.8. The van der Waals surface area contributed by atoms with Crippen molar-refractivity contribution in [1.82, 2.24) is 15.0 Å². The van der Waals surface area contributed by atoms with Crippen LogP contribution in [0.4, 0.5) is 0 Å². The number of rotatable bonds is 5. The molecule has 9 heteroatoms. The standard InChI is InChI=1S/C20H15N3O5S/c1-29(26,27)13-7-5-12(6-8-13)28-18-11-17-16(10-14(18)20(24)25)22-19(23-17)15-4-2-3-9-21-15/h2-11H,1H3,(H,22,23)(H,24,25). The third kappa shape index (κ3) is 3.81. The van der Waals surface area contributed by atoms with Crippen LogP contribution in [0.5, 0.6) is 11.5 Å². The minimum Gasteiger partial charge on any atom is -0.478 e. The minimum absolute atomic E-state index is 0.0547. The van der Waals surface area contributed by atoms with Gasteiger partial charge in [0.15, 0.2) is 15.7 Å². The molecule has 2 heterocycles. The Labute approximate surface area is 165 Å². The van der Waals surface area contributed by atoms with Crippen LogP contribution in [0.15, 0.2) is 65.7 Å². The summed E-state index contributed by atoms with van der Waals surface area (Å²) in [6.45, 7) is 0. The van der Waals surface area contributed by atoms with Crippen molar-refractivity contribution in [2.24, 2.45) is 0 Å². The van der Waals surface area contributed by atoms with E-state index in [2.05, 4.69) is 15.0 Å². The fourth-order valence-corrected chi connectivity index (χ4v) is 3.43. The molecule has 2 N–H and O–H groups in total. The number of imidazole rings is 1. The first-order valence-electron chi connectivity index (χ1n) is 8.48. The Morgan fingerprint density at radius 1 is 1.10 bits per heavy atom. The molecular weight excluding hydrogens is 394 g/mol. The largest absolute Gasteiger partial charge is 0.478 e. The number of fused-ring (bicyclic) bond motifs is 1. The molecule has 0 spiro atoms. The Morgan fingerprint density at radius 2 is 1.86 bits per heavy atom. The van der Waals surface area contributed by atoms with Crippen LogP contribution in [0, 0.1) is 0 Å². The molecule has 4 aromatic rings. The zero-order chi connectivity index (χ0) is 20.6. The Hall–Kier alpha value is -3.72. The topological polar surface area (TPSA) is 122 Å². The number of nitrogens with one attached hydrogen (secondary N) is 1. The molecule has 2 aromatic heterocycles. The smallest absolute Gasteiger partial charge is 0.339 e. The second kappa shape index (κ2) is 7.02. The van der Waals surface area contributed by atoms with Gasteiger partial charge in [-0.1, -0.05) is 6.07 Å². The molecule has 0 aliphatic heterocycles. The van der Waals surface area contributed by atoms with Gasteiger partial charge in [0.2, 0.25) is 0 Å². The lowest BCUT2D eigenvalue weighted by atomic mass is 10.1. The number of aromatic carboxylic acids is 1. The molecular formula is C20H15N3O5S. The number of sulfone groups is 1. The molecule has 29 heavy (non-hydrogen) atoms. The van der Waals surface area contributed by atoms with Gasteiger partial charge in [0, 0.05) is 18.5 Å². The van der Waals surface area contributed by atoms with Crippen molar-refractivity contribution in [3.05, 3.63) is 66.4 Å². The molecule has 2 aromatic carbocycles. The normalized spacial score (nSPS) is 11.5. The summed E-state index contributed by atoms with van der Waals surface area (Å²) in [5.41, 5.74) is 1.61. The van der Waals surface area contributed by atoms with Crippen molar-refractivity contribution in [2.75, 3.05) is 6.26 Å². The Kier molecular flexibility index (Phi) is 4.51. The highest BCUT2D eigenvalue weighted by atomic mass is 32.2. The quantitative estimate of drug-likeness (QED) is 0.517. The highest BCUT2D eigenvalue weighted by Crippen LogP contribution is 2.31. The SMILES string of the molecule is CS(=O)(=O)c1ccc(Oc2cc3nc(-c4ccccn4)[nH]c3cc2C(=O)O)cc1. The summed E-state index contributed by atoms with van der Waals surface area (Å²) in [5, 5.41) is 9.57. The van der Waals surface area contributed by atoms with Crippen molar-refractivity contribution in [3.63, 3.8) is 0 Å². The van der Waals surface area contributed by atoms with Crippen LogP contribution in [0.1, 0.15) is 10.4 Å². The van der Waals surface area contributed by atoms with Crippen molar-refractivity contribution in [1.29, 1.82) is 0 Å². The van der Waals surface area contributed by atoms with Gasteiger partial charge in [-0.3, -0.25) is 4.98 Å². The first-order valence-corrected chi connectivity index (χ1v) is 10.4. The second-order valence-corrected chi connectivity index (χ2v) is 8.33. The van der Waals surface area contributed by atoms with Gasteiger partial charge in [-0.05, 0) is 42.5 Å². The van der Waals surface area contributed by atoms with Gasteiger partial charge in [-0.15, -0.1) is 0 Å². The van der Waals surface area contributed by atoms with Gasteiger partial charge in [-0.25, -0.2) is 18.2 Å². The summed E-state index contributed by atoms with van der Waals surface area (Å²) in [6.07, 6.45) is 2.75. The molecule has 8 nitrogen and oxygen atoms in total. The molecule has 0 atom stereocenters. The van der Waals surface area contributed by atoms with E-state index >= 15 is 0 Å². The van der Waals surface area contributed by atoms with Crippen molar-refractivity contribution in [2.45, 2.75) is 4.90 Å². The average molecular weight is 409 g/mol. The summed E-state index contributed by atoms with van der Waals surface area (Å²) in [7, 11) is -3.34. The van der Waals surface area contributed by atoms with E-state index in [-0.39, 0.29) is 16.2 Å². The Morgan fingerprint density at radius 3 is 2.48 bits per heavy atom. The number of carboxylic acids is 1. The number of hydrogen-bond acceptors (Lipinski definition) is 6. The van der Waals surface area contributed by atoms with Crippen molar-refractivity contribution in [3.8, 4) is 23.0 Å². The fraction of sp³-hybridized carbons (Fsp3) is 0.0500. The van der Waals surface area contributed by atoms with E-state index in [9.17, 15) is 18.3 Å². The Bertz CT molecular complexity index is 1310. The summed E-state index contributed by atoms with van der Waals surface area (Å²) in [6, 6.07) is 14.1. The van der Waals surface area contributed by atoms with Crippen molar-refractivity contribution < 1.29 is 23.1 Å². The highest BCUT2D eigenvalue weighted by molar-refractivity contribution is 7.90. The number of pyridine rings is 1. The number of carboxylic acid groups (broad SMARTS) is 1. The van der Waals surface area contributed by atoms with Gasteiger partial charge in [0.25, 0.3) is 0 Å². The number of benzene rings is 2. The molecule has 0 unspecified atom stereocenters. The molecule has 0 radical (unpaired) electrons. The first kappa shape index (κ1) is 18.6. The van der Waals surface area contributed by atoms with Crippen LogP contribution >= 0.6 is 0 Å². The number of ether oxygens (including phenoxy) is 1. The van der Waals surface area contributed by atoms with Crippen molar-refractivity contribution >= 4 is 26.8 Å². The van der Waals surface area contributed by atoms with Gasteiger partial charge in [-0.2, -0.15) is 0 Å². The van der Waals surface area contributed by atoms with E-state index in [1.807, 2.05) is 6.07 Å². The predicted octanol–water partition coefficient (Wildman–Crippen LogP) is 3.52. The van der Waals surface area contributed by atoms with Crippen LogP contribution < -0.4 is 4.74 Å². The van der Waals surface area contributed by atoms with E-state index < -0.39 is 15.8 Å². The van der Waals surface area contributed by atoms with E-state index in [1.165, 1.54) is 36.4 Å². The highest BCUT2D eigenvalue weighted by Gasteiger charge is 2.17. The van der Waals surface area contributed by atoms with Crippen LogP contribution in [0.25, 0.3) is 22.6 Å². The van der Waals surface area contributed by atoms with Crippen LogP contribution in [-0.4, -0.2) is 40.7 Å². The van der Waals surface area contributed by atoms with Gasteiger partial charge < -0.3 is 14.8 Å². The monoisotopic (exact) mass is 409 g/mol. The zero-order valence-corrected chi connectivity index (χ0v) is 16.0. The number of aromatic nitrogens is 3. The lowest BCUT2D eigenvalue weighted by Crippen LogP contribution is -2.01. The predicted molar refractivity (Wildman–Crippen MR) is 106 cm³/mol.